The summed E-state index contributed by atoms with van der Waals surface area (Å²) in [6.45, 7) is 5.16. The van der Waals surface area contributed by atoms with Gasteiger partial charge >= 0.3 is 0 Å². The maximum absolute atomic E-state index is 12.8. The minimum absolute atomic E-state index is 0.0749. The van der Waals surface area contributed by atoms with Gasteiger partial charge in [-0.2, -0.15) is 0 Å². The van der Waals surface area contributed by atoms with Gasteiger partial charge in [-0.1, -0.05) is 0 Å². The highest BCUT2D eigenvalue weighted by Crippen LogP contribution is 2.15. The van der Waals surface area contributed by atoms with Crippen molar-refractivity contribution >= 4 is 11.8 Å². The average Bonchev–Trinajstić information content (AvgIpc) is 2.66. The third-order valence-corrected chi connectivity index (χ3v) is 4.76. The van der Waals surface area contributed by atoms with E-state index in [0.717, 1.165) is 5.69 Å². The van der Waals surface area contributed by atoms with Gasteiger partial charge in [0.15, 0.2) is 5.43 Å². The van der Waals surface area contributed by atoms with E-state index in [1.165, 1.54) is 6.07 Å². The van der Waals surface area contributed by atoms with Crippen molar-refractivity contribution in [2.75, 3.05) is 33.3 Å². The van der Waals surface area contributed by atoms with E-state index in [4.69, 9.17) is 4.74 Å². The zero-order valence-corrected chi connectivity index (χ0v) is 15.7. The molecule has 7 heteroatoms. The van der Waals surface area contributed by atoms with Gasteiger partial charge in [0.25, 0.3) is 11.8 Å². The first-order chi connectivity index (χ1) is 12.9. The van der Waals surface area contributed by atoms with E-state index in [2.05, 4.69) is 4.98 Å². The molecule has 27 heavy (non-hydrogen) atoms. The van der Waals surface area contributed by atoms with Gasteiger partial charge in [0.05, 0.1) is 7.11 Å². The third kappa shape index (κ3) is 3.86. The van der Waals surface area contributed by atoms with Crippen LogP contribution in [0.4, 0.5) is 0 Å². The first-order valence-electron chi connectivity index (χ1n) is 8.84. The van der Waals surface area contributed by atoms with E-state index in [1.807, 2.05) is 0 Å². The van der Waals surface area contributed by atoms with Crippen LogP contribution in [0.25, 0.3) is 0 Å². The van der Waals surface area contributed by atoms with E-state index in [9.17, 15) is 14.4 Å². The highest BCUT2D eigenvalue weighted by Gasteiger charge is 2.27. The molecule has 0 radical (unpaired) electrons. The zero-order valence-electron chi connectivity index (χ0n) is 15.7. The van der Waals surface area contributed by atoms with E-state index in [-0.39, 0.29) is 22.8 Å². The van der Waals surface area contributed by atoms with Crippen LogP contribution in [-0.4, -0.2) is 59.9 Å². The van der Waals surface area contributed by atoms with Gasteiger partial charge in [-0.3, -0.25) is 14.4 Å². The van der Waals surface area contributed by atoms with Crippen LogP contribution in [0.1, 0.15) is 32.1 Å². The Kier molecular flexibility index (Phi) is 5.30. The number of methoxy groups -OCH3 is 1. The number of hydrogen-bond donors (Lipinski definition) is 1. The van der Waals surface area contributed by atoms with Gasteiger partial charge in [0.2, 0.25) is 0 Å². The van der Waals surface area contributed by atoms with Gasteiger partial charge in [-0.25, -0.2) is 0 Å². The number of nitrogens with one attached hydrogen (secondary N) is 1. The molecule has 0 bridgehead atoms. The molecule has 1 aromatic heterocycles. The number of nitrogens with zero attached hydrogens (tertiary/aromatic N) is 2. The lowest BCUT2D eigenvalue weighted by Crippen LogP contribution is -2.51. The van der Waals surface area contributed by atoms with Crippen LogP contribution >= 0.6 is 0 Å². The smallest absolute Gasteiger partial charge is 0.259 e. The van der Waals surface area contributed by atoms with Crippen molar-refractivity contribution in [1.82, 2.24) is 14.8 Å². The van der Waals surface area contributed by atoms with E-state index in [0.29, 0.717) is 43.2 Å². The molecule has 0 atom stereocenters. The summed E-state index contributed by atoms with van der Waals surface area (Å²) in [7, 11) is 1.58. The van der Waals surface area contributed by atoms with E-state index in [1.54, 1.807) is 55.0 Å². The van der Waals surface area contributed by atoms with Gasteiger partial charge in [0.1, 0.15) is 11.3 Å². The van der Waals surface area contributed by atoms with Gasteiger partial charge in [-0.15, -0.1) is 0 Å². The molecular weight excluding hydrogens is 346 g/mol. The predicted molar refractivity (Wildman–Crippen MR) is 101 cm³/mol. The van der Waals surface area contributed by atoms with E-state index < -0.39 is 0 Å². The number of aromatic amines is 1. The Balaban J connectivity index is 1.67. The maximum atomic E-state index is 12.8. The molecule has 1 saturated heterocycles. The van der Waals surface area contributed by atoms with E-state index >= 15 is 0 Å². The second-order valence-corrected chi connectivity index (χ2v) is 6.63. The number of aromatic nitrogens is 1. The number of carbonyl (C=O) groups excluding carboxylic acids is 2. The summed E-state index contributed by atoms with van der Waals surface area (Å²) in [5.41, 5.74) is 1.79. The normalized spacial score (nSPS) is 14.2. The number of benzene rings is 1. The van der Waals surface area contributed by atoms with Crippen molar-refractivity contribution in [3.05, 3.63) is 63.1 Å². The molecule has 142 valence electrons. The number of aryl methyl sites for hydroxylation is 2. The zero-order chi connectivity index (χ0) is 19.6. The summed E-state index contributed by atoms with van der Waals surface area (Å²) in [6, 6.07) is 8.39. The molecule has 2 aromatic rings. The molecule has 3 rings (SSSR count). The van der Waals surface area contributed by atoms with Crippen LogP contribution in [0.2, 0.25) is 0 Å². The topological polar surface area (TPSA) is 82.7 Å². The molecule has 1 aliphatic rings. The lowest BCUT2D eigenvalue weighted by atomic mass is 10.1. The molecule has 2 amide bonds. The third-order valence-electron chi connectivity index (χ3n) is 4.76. The highest BCUT2D eigenvalue weighted by atomic mass is 16.5. The Morgan fingerprint density at radius 2 is 1.52 bits per heavy atom. The highest BCUT2D eigenvalue weighted by molar-refractivity contribution is 5.96. The van der Waals surface area contributed by atoms with Crippen LogP contribution in [0.5, 0.6) is 5.75 Å². The van der Waals surface area contributed by atoms with Crippen LogP contribution in [0.15, 0.2) is 35.1 Å². The fourth-order valence-corrected chi connectivity index (χ4v) is 3.30. The SMILES string of the molecule is COc1ccc(C(=O)N2CCN(C(=O)c3c(C)[nH]c(C)cc3=O)CC2)cc1. The molecule has 1 N–H and O–H groups in total. The number of rotatable bonds is 3. The minimum Gasteiger partial charge on any atom is -0.497 e. The number of pyridine rings is 1. The number of piperazine rings is 1. The number of amides is 2. The van der Waals surface area contributed by atoms with Gasteiger partial charge in [0, 0.05) is 49.2 Å². The van der Waals surface area contributed by atoms with Crippen molar-refractivity contribution in [2.45, 2.75) is 13.8 Å². The quantitative estimate of drug-likeness (QED) is 0.891. The van der Waals surface area contributed by atoms with Crippen molar-refractivity contribution < 1.29 is 14.3 Å². The monoisotopic (exact) mass is 369 g/mol. The summed E-state index contributed by atoms with van der Waals surface area (Å²) in [6.07, 6.45) is 0. The number of ether oxygens (including phenoxy) is 1. The molecule has 2 heterocycles. The summed E-state index contributed by atoms with van der Waals surface area (Å²) < 4.78 is 5.11. The van der Waals surface area contributed by atoms with Crippen molar-refractivity contribution in [1.29, 1.82) is 0 Å². The second kappa shape index (κ2) is 7.65. The van der Waals surface area contributed by atoms with Crippen molar-refractivity contribution in [2.24, 2.45) is 0 Å². The first-order valence-corrected chi connectivity index (χ1v) is 8.84. The molecule has 1 aliphatic heterocycles. The lowest BCUT2D eigenvalue weighted by Gasteiger charge is -2.35. The van der Waals surface area contributed by atoms with Crippen LogP contribution in [0.3, 0.4) is 0 Å². The molecular formula is C20H23N3O4. The summed E-state index contributed by atoms with van der Waals surface area (Å²) in [4.78, 5) is 44.0. The van der Waals surface area contributed by atoms with Crippen LogP contribution in [-0.2, 0) is 0 Å². The molecule has 1 fully saturated rings. The summed E-state index contributed by atoms with van der Waals surface area (Å²) in [5.74, 6) is 0.333. The minimum atomic E-state index is -0.287. The Hall–Kier alpha value is -3.09. The molecule has 0 aliphatic carbocycles. The number of hydrogen-bond acceptors (Lipinski definition) is 4. The Morgan fingerprint density at radius 1 is 0.963 bits per heavy atom. The van der Waals surface area contributed by atoms with Crippen LogP contribution in [0, 0.1) is 13.8 Å². The Labute approximate surface area is 157 Å². The number of H-pyrrole nitrogens is 1. The molecule has 0 spiro atoms. The fraction of sp³-hybridized carbons (Fsp3) is 0.350. The molecule has 0 saturated carbocycles. The predicted octanol–water partition coefficient (Wildman–Crippen LogP) is 1.60. The lowest BCUT2D eigenvalue weighted by molar-refractivity contribution is 0.0534. The molecule has 7 nitrogen and oxygen atoms in total. The maximum Gasteiger partial charge on any atom is 0.259 e. The standard InChI is InChI=1S/C20H23N3O4/c1-13-12-17(24)18(14(2)21-13)20(26)23-10-8-22(9-11-23)19(25)15-4-6-16(27-3)7-5-15/h4-7,12H,8-11H2,1-3H3,(H,21,24). The Bertz CT molecular complexity index is 910. The van der Waals surface area contributed by atoms with Gasteiger partial charge < -0.3 is 19.5 Å². The summed E-state index contributed by atoms with van der Waals surface area (Å²) in [5, 5.41) is 0. The summed E-state index contributed by atoms with van der Waals surface area (Å²) >= 11 is 0. The number of carbonyl (C=O) groups is 2. The first kappa shape index (κ1) is 18.7. The average molecular weight is 369 g/mol. The van der Waals surface area contributed by atoms with Crippen molar-refractivity contribution in [3.63, 3.8) is 0 Å². The second-order valence-electron chi connectivity index (χ2n) is 6.63. The Morgan fingerprint density at radius 3 is 2.04 bits per heavy atom. The molecule has 1 aromatic carbocycles. The van der Waals surface area contributed by atoms with Gasteiger partial charge in [-0.05, 0) is 38.1 Å². The molecule has 0 unspecified atom stereocenters. The fourth-order valence-electron chi connectivity index (χ4n) is 3.30. The van der Waals surface area contributed by atoms with Crippen molar-refractivity contribution in [3.8, 4) is 5.75 Å². The van der Waals surface area contributed by atoms with Crippen LogP contribution < -0.4 is 10.2 Å². The largest absolute Gasteiger partial charge is 0.497 e.